The summed E-state index contributed by atoms with van der Waals surface area (Å²) < 4.78 is 28.7. The van der Waals surface area contributed by atoms with Crippen molar-refractivity contribution in [3.8, 4) is 0 Å². The Bertz CT molecular complexity index is 1410. The molecule has 0 aliphatic carbocycles. The van der Waals surface area contributed by atoms with E-state index in [9.17, 15) is 8.42 Å². The van der Waals surface area contributed by atoms with E-state index >= 15 is 0 Å². The Kier molecular flexibility index (Phi) is 6.60. The number of imidazole rings is 1. The first-order valence-corrected chi connectivity index (χ1v) is 12.6. The molecule has 4 rings (SSSR count). The maximum atomic E-state index is 13.0. The zero-order valence-corrected chi connectivity index (χ0v) is 21.2. The van der Waals surface area contributed by atoms with Gasteiger partial charge in [0.1, 0.15) is 11.6 Å². The van der Waals surface area contributed by atoms with Crippen LogP contribution in [0.5, 0.6) is 0 Å². The summed E-state index contributed by atoms with van der Waals surface area (Å²) in [5.41, 5.74) is 2.33. The van der Waals surface area contributed by atoms with Crippen molar-refractivity contribution < 1.29 is 8.42 Å². The molecule has 4 aromatic rings. The van der Waals surface area contributed by atoms with Crippen LogP contribution < -0.4 is 14.9 Å². The molecule has 0 atom stereocenters. The van der Waals surface area contributed by atoms with E-state index in [2.05, 4.69) is 25.0 Å². The van der Waals surface area contributed by atoms with Crippen molar-refractivity contribution in [2.45, 2.75) is 45.1 Å². The second-order valence-electron chi connectivity index (χ2n) is 9.27. The summed E-state index contributed by atoms with van der Waals surface area (Å²) in [6.07, 6.45) is 5.02. The van der Waals surface area contributed by atoms with E-state index in [0.29, 0.717) is 28.8 Å². The lowest BCUT2D eigenvalue weighted by molar-refractivity contribution is 0.491. The predicted octanol–water partition coefficient (Wildman–Crippen LogP) is 5.11. The van der Waals surface area contributed by atoms with Crippen molar-refractivity contribution in [1.82, 2.24) is 24.7 Å². The third kappa shape index (κ3) is 5.67. The Morgan fingerprint density at radius 2 is 1.71 bits per heavy atom. The van der Waals surface area contributed by atoms with Gasteiger partial charge in [-0.2, -0.15) is 4.98 Å². The molecule has 0 aliphatic heterocycles. The van der Waals surface area contributed by atoms with E-state index in [4.69, 9.17) is 4.98 Å². The van der Waals surface area contributed by atoms with Gasteiger partial charge in [0.15, 0.2) is 0 Å². The summed E-state index contributed by atoms with van der Waals surface area (Å²) in [5.74, 6) is 1.71. The largest absolute Gasteiger partial charge is 0.340 e. The number of aromatic amines is 1. The van der Waals surface area contributed by atoms with Crippen molar-refractivity contribution in [2.75, 3.05) is 10.2 Å². The molecular weight excluding hydrogens is 462 g/mol. The van der Waals surface area contributed by atoms with E-state index in [1.54, 1.807) is 37.8 Å². The summed E-state index contributed by atoms with van der Waals surface area (Å²) in [6, 6.07) is 14.9. The third-order valence-electron chi connectivity index (χ3n) is 5.08. The van der Waals surface area contributed by atoms with Crippen LogP contribution in [0, 0.1) is 13.8 Å². The van der Waals surface area contributed by atoms with Gasteiger partial charge in [-0.25, -0.2) is 23.1 Å². The van der Waals surface area contributed by atoms with E-state index in [-0.39, 0.29) is 4.90 Å². The smallest absolute Gasteiger partial charge is 0.241 e. The molecule has 182 valence electrons. The number of nitrogens with one attached hydrogen (secondary N) is 3. The van der Waals surface area contributed by atoms with Crippen LogP contribution in [-0.2, 0) is 10.0 Å². The molecule has 9 nitrogen and oxygen atoms in total. The number of para-hydroxylation sites is 1. The van der Waals surface area contributed by atoms with Gasteiger partial charge in [0.05, 0.1) is 23.1 Å². The number of aryl methyl sites for hydroxylation is 2. The average molecular weight is 492 g/mol. The highest BCUT2D eigenvalue weighted by atomic mass is 32.2. The maximum absolute atomic E-state index is 13.0. The third-order valence-corrected chi connectivity index (χ3v) is 6.98. The van der Waals surface area contributed by atoms with Crippen LogP contribution in [0.3, 0.4) is 0 Å². The Morgan fingerprint density at radius 1 is 0.971 bits per heavy atom. The van der Waals surface area contributed by atoms with Crippen molar-refractivity contribution in [3.63, 3.8) is 0 Å². The lowest BCUT2D eigenvalue weighted by Gasteiger charge is -2.22. The van der Waals surface area contributed by atoms with Crippen LogP contribution in [0.4, 0.5) is 29.0 Å². The van der Waals surface area contributed by atoms with Gasteiger partial charge in [-0.05, 0) is 64.4 Å². The molecule has 10 heteroatoms. The van der Waals surface area contributed by atoms with Gasteiger partial charge in [-0.1, -0.05) is 24.3 Å². The molecule has 2 aromatic carbocycles. The molecule has 0 radical (unpaired) electrons. The molecule has 2 heterocycles. The van der Waals surface area contributed by atoms with Crippen molar-refractivity contribution >= 4 is 39.0 Å². The maximum Gasteiger partial charge on any atom is 0.241 e. The van der Waals surface area contributed by atoms with Crippen molar-refractivity contribution in [2.24, 2.45) is 0 Å². The van der Waals surface area contributed by atoms with E-state index in [1.165, 1.54) is 0 Å². The Balaban J connectivity index is 1.71. The van der Waals surface area contributed by atoms with Crippen LogP contribution in [-0.4, -0.2) is 33.9 Å². The first-order chi connectivity index (χ1) is 16.5. The van der Waals surface area contributed by atoms with Crippen LogP contribution in [0.2, 0.25) is 0 Å². The van der Waals surface area contributed by atoms with Gasteiger partial charge in [0.25, 0.3) is 0 Å². The Hall–Kier alpha value is -3.76. The number of nitrogens with zero attached hydrogens (tertiary/aromatic N) is 4. The quantitative estimate of drug-likeness (QED) is 0.329. The van der Waals surface area contributed by atoms with Gasteiger partial charge >= 0.3 is 0 Å². The standard InChI is InChI=1S/C25H29N7O2S/c1-17-11-12-19(13-21(17)35(33,34)31-25(3,4)5)29-23-18(2)14-27-24(30-23)32(22-15-26-16-28-22)20-9-7-6-8-10-20/h6-16,31H,1-5H3,(H,26,28)(H,27,29,30). The molecule has 0 unspecified atom stereocenters. The van der Waals surface area contributed by atoms with E-state index in [0.717, 1.165) is 11.3 Å². The molecule has 3 N–H and O–H groups in total. The minimum absolute atomic E-state index is 0.215. The summed E-state index contributed by atoms with van der Waals surface area (Å²) in [5, 5.41) is 3.27. The number of H-pyrrole nitrogens is 1. The zero-order valence-electron chi connectivity index (χ0n) is 20.4. The SMILES string of the molecule is Cc1ccc(Nc2nc(N(c3ccccc3)c3cnc[nH]3)ncc2C)cc1S(=O)(=O)NC(C)(C)C. The monoisotopic (exact) mass is 491 g/mol. The number of benzene rings is 2. The molecule has 0 aliphatic rings. The van der Waals surface area contributed by atoms with E-state index in [1.807, 2.05) is 69.0 Å². The minimum Gasteiger partial charge on any atom is -0.340 e. The fourth-order valence-electron chi connectivity index (χ4n) is 3.54. The molecule has 0 amide bonds. The lowest BCUT2D eigenvalue weighted by Crippen LogP contribution is -2.40. The summed E-state index contributed by atoms with van der Waals surface area (Å²) in [7, 11) is -3.70. The molecule has 35 heavy (non-hydrogen) atoms. The highest BCUT2D eigenvalue weighted by Gasteiger charge is 2.24. The lowest BCUT2D eigenvalue weighted by atomic mass is 10.1. The van der Waals surface area contributed by atoms with Gasteiger partial charge in [-0.15, -0.1) is 0 Å². The van der Waals surface area contributed by atoms with Crippen LogP contribution >= 0.6 is 0 Å². The number of sulfonamides is 1. The molecule has 0 fully saturated rings. The molecular formula is C25H29N7O2S. The van der Waals surface area contributed by atoms with Gasteiger partial charge in [0, 0.05) is 23.0 Å². The molecule has 2 aromatic heterocycles. The minimum atomic E-state index is -3.70. The highest BCUT2D eigenvalue weighted by molar-refractivity contribution is 7.89. The average Bonchev–Trinajstić information content (AvgIpc) is 3.31. The Morgan fingerprint density at radius 3 is 2.37 bits per heavy atom. The molecule has 0 spiro atoms. The highest BCUT2D eigenvalue weighted by Crippen LogP contribution is 2.32. The normalized spacial score (nSPS) is 11.9. The number of anilines is 5. The number of aromatic nitrogens is 4. The van der Waals surface area contributed by atoms with Gasteiger partial charge in [0.2, 0.25) is 16.0 Å². The van der Waals surface area contributed by atoms with Gasteiger partial charge < -0.3 is 10.3 Å². The summed E-state index contributed by atoms with van der Waals surface area (Å²) in [4.78, 5) is 18.6. The summed E-state index contributed by atoms with van der Waals surface area (Å²) >= 11 is 0. The summed E-state index contributed by atoms with van der Waals surface area (Å²) in [6.45, 7) is 9.10. The second kappa shape index (κ2) is 9.47. The first-order valence-electron chi connectivity index (χ1n) is 11.1. The first kappa shape index (κ1) is 24.4. The molecule has 0 saturated heterocycles. The predicted molar refractivity (Wildman–Crippen MR) is 138 cm³/mol. The Labute approximate surface area is 205 Å². The van der Waals surface area contributed by atoms with Crippen LogP contribution in [0.25, 0.3) is 0 Å². The van der Waals surface area contributed by atoms with Crippen LogP contribution in [0.1, 0.15) is 31.9 Å². The van der Waals surface area contributed by atoms with Crippen LogP contribution in [0.15, 0.2) is 72.1 Å². The number of hydrogen-bond donors (Lipinski definition) is 3. The fraction of sp³-hybridized carbons (Fsp3) is 0.240. The fourth-order valence-corrected chi connectivity index (χ4v) is 5.23. The zero-order chi connectivity index (χ0) is 25.2. The number of hydrogen-bond acceptors (Lipinski definition) is 7. The van der Waals surface area contributed by atoms with Gasteiger partial charge in [-0.3, -0.25) is 4.90 Å². The number of rotatable bonds is 7. The van der Waals surface area contributed by atoms with Crippen molar-refractivity contribution in [3.05, 3.63) is 78.4 Å². The molecule has 0 saturated carbocycles. The topological polar surface area (TPSA) is 116 Å². The van der Waals surface area contributed by atoms with Crippen molar-refractivity contribution in [1.29, 1.82) is 0 Å². The molecule has 0 bridgehead atoms. The van der Waals surface area contributed by atoms with E-state index < -0.39 is 15.6 Å². The second-order valence-corrected chi connectivity index (χ2v) is 10.9.